The van der Waals surface area contributed by atoms with Crippen LogP contribution in [0.1, 0.15) is 11.4 Å². The predicted molar refractivity (Wildman–Crippen MR) is 78.2 cm³/mol. The zero-order valence-corrected chi connectivity index (χ0v) is 11.9. The summed E-state index contributed by atoms with van der Waals surface area (Å²) in [5, 5.41) is 15.5. The molecule has 0 unspecified atom stereocenters. The van der Waals surface area contributed by atoms with Gasteiger partial charge >= 0.3 is 0 Å². The van der Waals surface area contributed by atoms with Crippen molar-refractivity contribution in [3.63, 3.8) is 0 Å². The average Bonchev–Trinajstić information content (AvgIpc) is 2.99. The lowest BCUT2D eigenvalue weighted by Gasteiger charge is -2.07. The number of imidazole rings is 1. The molecule has 0 aliphatic rings. The standard InChI is InChI=1S/C13H11FN4O2S/c1-8-12(17-4-5-21-13(17)16-8)7-15-11-6-9(18(19)20)2-3-10(11)14/h2-6,15H,7H2,1H3. The lowest BCUT2D eigenvalue weighted by Crippen LogP contribution is -2.05. The van der Waals surface area contributed by atoms with Crippen molar-refractivity contribution in [2.45, 2.75) is 13.5 Å². The fraction of sp³-hybridized carbons (Fsp3) is 0.154. The zero-order valence-electron chi connectivity index (χ0n) is 11.0. The summed E-state index contributed by atoms with van der Waals surface area (Å²) in [6, 6.07) is 3.42. The number of aryl methyl sites for hydroxylation is 1. The SMILES string of the molecule is Cc1nc2sccn2c1CNc1cc([N+](=O)[O-])ccc1F. The van der Waals surface area contributed by atoms with Gasteiger partial charge in [0.2, 0.25) is 0 Å². The highest BCUT2D eigenvalue weighted by molar-refractivity contribution is 7.15. The number of nitro groups is 1. The van der Waals surface area contributed by atoms with E-state index in [4.69, 9.17) is 0 Å². The molecule has 3 aromatic rings. The van der Waals surface area contributed by atoms with Crippen LogP contribution in [-0.2, 0) is 6.54 Å². The average molecular weight is 306 g/mol. The maximum absolute atomic E-state index is 13.7. The number of nitrogens with one attached hydrogen (secondary N) is 1. The van der Waals surface area contributed by atoms with Crippen molar-refractivity contribution in [1.29, 1.82) is 0 Å². The van der Waals surface area contributed by atoms with Crippen molar-refractivity contribution in [3.8, 4) is 0 Å². The van der Waals surface area contributed by atoms with Crippen LogP contribution in [0.25, 0.3) is 4.96 Å². The Balaban J connectivity index is 1.87. The van der Waals surface area contributed by atoms with Crippen LogP contribution in [0.15, 0.2) is 29.8 Å². The monoisotopic (exact) mass is 306 g/mol. The molecule has 0 bridgehead atoms. The maximum Gasteiger partial charge on any atom is 0.271 e. The van der Waals surface area contributed by atoms with Crippen LogP contribution < -0.4 is 5.32 Å². The van der Waals surface area contributed by atoms with Gasteiger partial charge in [-0.2, -0.15) is 0 Å². The molecule has 1 aromatic carbocycles. The predicted octanol–water partition coefficient (Wildman–Crippen LogP) is 3.36. The molecule has 8 heteroatoms. The van der Waals surface area contributed by atoms with Gasteiger partial charge in [-0.1, -0.05) is 0 Å². The number of halogens is 1. The molecule has 1 N–H and O–H groups in total. The minimum absolute atomic E-state index is 0.105. The Kier molecular flexibility index (Phi) is 3.30. The van der Waals surface area contributed by atoms with Gasteiger partial charge < -0.3 is 5.32 Å². The lowest BCUT2D eigenvalue weighted by molar-refractivity contribution is -0.384. The number of hydrogen-bond acceptors (Lipinski definition) is 5. The number of hydrogen-bond donors (Lipinski definition) is 1. The first-order chi connectivity index (χ1) is 10.1. The minimum Gasteiger partial charge on any atom is -0.377 e. The van der Waals surface area contributed by atoms with Crippen molar-refractivity contribution < 1.29 is 9.31 Å². The molecule has 6 nitrogen and oxygen atoms in total. The molecule has 0 amide bonds. The van der Waals surface area contributed by atoms with E-state index in [2.05, 4.69) is 10.3 Å². The highest BCUT2D eigenvalue weighted by Gasteiger charge is 2.13. The Labute approximate surface area is 123 Å². The van der Waals surface area contributed by atoms with Gasteiger partial charge in [0.15, 0.2) is 4.96 Å². The van der Waals surface area contributed by atoms with Gasteiger partial charge in [-0.15, -0.1) is 11.3 Å². The van der Waals surface area contributed by atoms with Crippen molar-refractivity contribution >= 4 is 27.7 Å². The van der Waals surface area contributed by atoms with E-state index in [1.807, 2.05) is 22.9 Å². The van der Waals surface area contributed by atoms with E-state index in [9.17, 15) is 14.5 Å². The van der Waals surface area contributed by atoms with Gasteiger partial charge in [0, 0.05) is 23.7 Å². The summed E-state index contributed by atoms with van der Waals surface area (Å²) >= 11 is 1.51. The summed E-state index contributed by atoms with van der Waals surface area (Å²) in [6.07, 6.45) is 1.89. The Morgan fingerprint density at radius 1 is 1.52 bits per heavy atom. The Morgan fingerprint density at radius 2 is 2.33 bits per heavy atom. The summed E-state index contributed by atoms with van der Waals surface area (Å²) < 4.78 is 15.6. The third-order valence-electron chi connectivity index (χ3n) is 3.17. The van der Waals surface area contributed by atoms with Crippen LogP contribution >= 0.6 is 11.3 Å². The molecule has 0 fully saturated rings. The highest BCUT2D eigenvalue weighted by Crippen LogP contribution is 2.23. The molecule has 0 saturated heterocycles. The summed E-state index contributed by atoms with van der Waals surface area (Å²) in [7, 11) is 0. The molecule has 3 rings (SSSR count). The molecular formula is C13H11FN4O2S. The number of non-ortho nitro benzene ring substituents is 1. The van der Waals surface area contributed by atoms with E-state index in [0.29, 0.717) is 6.54 Å². The summed E-state index contributed by atoms with van der Waals surface area (Å²) in [5.74, 6) is -0.524. The van der Waals surface area contributed by atoms with E-state index in [1.165, 1.54) is 17.4 Å². The Hall–Kier alpha value is -2.48. The van der Waals surface area contributed by atoms with Crippen molar-refractivity contribution in [2.75, 3.05) is 5.32 Å². The normalized spacial score (nSPS) is 11.0. The Morgan fingerprint density at radius 3 is 3.10 bits per heavy atom. The fourth-order valence-electron chi connectivity index (χ4n) is 2.09. The molecule has 0 atom stereocenters. The van der Waals surface area contributed by atoms with E-state index in [-0.39, 0.29) is 11.4 Å². The highest BCUT2D eigenvalue weighted by atomic mass is 32.1. The number of nitrogens with zero attached hydrogens (tertiary/aromatic N) is 3. The van der Waals surface area contributed by atoms with Crippen LogP contribution in [0.2, 0.25) is 0 Å². The first-order valence-corrected chi connectivity index (χ1v) is 7.03. The van der Waals surface area contributed by atoms with E-state index in [0.717, 1.165) is 28.5 Å². The third-order valence-corrected chi connectivity index (χ3v) is 3.92. The fourth-order valence-corrected chi connectivity index (χ4v) is 2.87. The smallest absolute Gasteiger partial charge is 0.271 e. The second-order valence-electron chi connectivity index (χ2n) is 4.47. The Bertz CT molecular complexity index is 827. The number of fused-ring (bicyclic) bond motifs is 1. The van der Waals surface area contributed by atoms with Gasteiger partial charge in [0.05, 0.1) is 28.5 Å². The molecule has 0 saturated carbocycles. The van der Waals surface area contributed by atoms with Crippen LogP contribution in [-0.4, -0.2) is 14.3 Å². The molecule has 0 aliphatic carbocycles. The maximum atomic E-state index is 13.7. The summed E-state index contributed by atoms with van der Waals surface area (Å²) in [4.78, 5) is 15.4. The third kappa shape index (κ3) is 2.45. The first-order valence-electron chi connectivity index (χ1n) is 6.15. The molecule has 0 aliphatic heterocycles. The minimum atomic E-state index is -0.550. The molecule has 21 heavy (non-hydrogen) atoms. The quantitative estimate of drug-likeness (QED) is 0.592. The topological polar surface area (TPSA) is 72.5 Å². The van der Waals surface area contributed by atoms with Crippen LogP contribution in [0, 0.1) is 22.9 Å². The van der Waals surface area contributed by atoms with Crippen molar-refractivity contribution in [3.05, 3.63) is 57.1 Å². The van der Waals surface area contributed by atoms with Gasteiger partial charge in [-0.3, -0.25) is 14.5 Å². The molecular weight excluding hydrogens is 295 g/mol. The molecule has 2 heterocycles. The summed E-state index contributed by atoms with van der Waals surface area (Å²) in [5.41, 5.74) is 1.70. The molecule has 0 radical (unpaired) electrons. The molecule has 108 valence electrons. The second-order valence-corrected chi connectivity index (χ2v) is 5.35. The second kappa shape index (κ2) is 5.13. The van der Waals surface area contributed by atoms with Crippen LogP contribution in [0.4, 0.5) is 15.8 Å². The van der Waals surface area contributed by atoms with Gasteiger partial charge in [-0.05, 0) is 13.0 Å². The van der Waals surface area contributed by atoms with E-state index >= 15 is 0 Å². The first kappa shape index (κ1) is 13.5. The van der Waals surface area contributed by atoms with E-state index < -0.39 is 10.7 Å². The number of benzene rings is 1. The number of rotatable bonds is 4. The van der Waals surface area contributed by atoms with Crippen LogP contribution in [0.5, 0.6) is 0 Å². The van der Waals surface area contributed by atoms with Gasteiger partial charge in [0.25, 0.3) is 5.69 Å². The number of anilines is 1. The number of aromatic nitrogens is 2. The summed E-state index contributed by atoms with van der Waals surface area (Å²) in [6.45, 7) is 2.21. The number of nitro benzene ring substituents is 1. The molecule has 2 aromatic heterocycles. The lowest BCUT2D eigenvalue weighted by atomic mass is 10.2. The van der Waals surface area contributed by atoms with Gasteiger partial charge in [-0.25, -0.2) is 9.37 Å². The van der Waals surface area contributed by atoms with Crippen molar-refractivity contribution in [2.24, 2.45) is 0 Å². The van der Waals surface area contributed by atoms with Crippen LogP contribution in [0.3, 0.4) is 0 Å². The molecule has 0 spiro atoms. The van der Waals surface area contributed by atoms with Crippen molar-refractivity contribution in [1.82, 2.24) is 9.38 Å². The largest absolute Gasteiger partial charge is 0.377 e. The number of thiazole rings is 1. The van der Waals surface area contributed by atoms with E-state index in [1.54, 1.807) is 0 Å². The zero-order chi connectivity index (χ0) is 15.0. The van der Waals surface area contributed by atoms with Gasteiger partial charge in [0.1, 0.15) is 5.82 Å².